The number of nitrogens with zero attached hydrogens (tertiary/aromatic N) is 3. The van der Waals surface area contributed by atoms with Crippen LogP contribution >= 0.6 is 0 Å². The molecule has 0 fully saturated rings. The number of hydrogen-bond donors (Lipinski definition) is 1. The Kier molecular flexibility index (Phi) is 5.48. The average molecular weight is 483 g/mol. The predicted octanol–water partition coefficient (Wildman–Crippen LogP) is 5.25. The van der Waals surface area contributed by atoms with Crippen molar-refractivity contribution in [1.82, 2.24) is 14.8 Å². The minimum absolute atomic E-state index is 0.288. The van der Waals surface area contributed by atoms with Crippen molar-refractivity contribution in [2.24, 2.45) is 0 Å². The number of anilines is 1. The van der Waals surface area contributed by atoms with Crippen LogP contribution in [0.1, 0.15) is 35.8 Å². The zero-order chi connectivity index (χ0) is 24.6. The lowest BCUT2D eigenvalue weighted by Crippen LogP contribution is -2.32. The molecule has 0 spiro atoms. The molecule has 3 aromatic carbocycles. The van der Waals surface area contributed by atoms with Crippen molar-refractivity contribution in [1.29, 1.82) is 0 Å². The second kappa shape index (κ2) is 8.96. The summed E-state index contributed by atoms with van der Waals surface area (Å²) in [5.41, 5.74) is 4.97. The van der Waals surface area contributed by atoms with E-state index in [1.54, 1.807) is 20.5 Å². The van der Waals surface area contributed by atoms with Gasteiger partial charge in [-0.25, -0.2) is 4.68 Å². The molecule has 0 radical (unpaired) electrons. The highest BCUT2D eigenvalue weighted by molar-refractivity contribution is 5.85. The van der Waals surface area contributed by atoms with E-state index in [1.165, 1.54) is 0 Å². The number of benzene rings is 3. The molecule has 0 saturated carbocycles. The Labute approximate surface area is 209 Å². The third-order valence-electron chi connectivity index (χ3n) is 6.54. The van der Waals surface area contributed by atoms with Crippen LogP contribution in [-0.2, 0) is 0 Å². The van der Waals surface area contributed by atoms with Gasteiger partial charge in [0.25, 0.3) is 0 Å². The summed E-state index contributed by atoms with van der Waals surface area (Å²) in [6.45, 7) is 2.59. The van der Waals surface area contributed by atoms with E-state index < -0.39 is 0 Å². The number of hydrogen-bond acceptors (Lipinski definition) is 7. The number of fused-ring (bicyclic) bond motifs is 3. The first-order valence-electron chi connectivity index (χ1n) is 11.8. The topological polar surface area (TPSA) is 79.7 Å². The van der Waals surface area contributed by atoms with Crippen molar-refractivity contribution in [2.75, 3.05) is 26.1 Å². The monoisotopic (exact) mass is 482 g/mol. The predicted molar refractivity (Wildman–Crippen MR) is 136 cm³/mol. The van der Waals surface area contributed by atoms with Crippen LogP contribution in [0.25, 0.3) is 5.70 Å². The van der Waals surface area contributed by atoms with Gasteiger partial charge < -0.3 is 24.3 Å². The minimum Gasteiger partial charge on any atom is -0.494 e. The highest BCUT2D eigenvalue weighted by Gasteiger charge is 2.41. The van der Waals surface area contributed by atoms with Crippen molar-refractivity contribution >= 4 is 11.6 Å². The fourth-order valence-electron chi connectivity index (χ4n) is 4.94. The number of aromatic nitrogens is 3. The van der Waals surface area contributed by atoms with Gasteiger partial charge in [0.15, 0.2) is 11.5 Å². The summed E-state index contributed by atoms with van der Waals surface area (Å²) in [5, 5.41) is 8.11. The maximum atomic E-state index is 6.68. The third-order valence-corrected chi connectivity index (χ3v) is 6.54. The SMILES string of the molecule is CCOc1ccc([C@H]2Oc3ccccc3C3=C2[C@H](c2ccc(OC)c(OC)c2)n2ncnc2N3)cc1. The summed E-state index contributed by atoms with van der Waals surface area (Å²) in [7, 11) is 3.27. The first kappa shape index (κ1) is 22.0. The molecule has 0 aliphatic carbocycles. The number of methoxy groups -OCH3 is 2. The first-order valence-corrected chi connectivity index (χ1v) is 11.8. The zero-order valence-corrected chi connectivity index (χ0v) is 20.3. The lowest BCUT2D eigenvalue weighted by Gasteiger charge is -2.39. The summed E-state index contributed by atoms with van der Waals surface area (Å²) in [6.07, 6.45) is 1.20. The van der Waals surface area contributed by atoms with Gasteiger partial charge in [0.2, 0.25) is 5.95 Å². The van der Waals surface area contributed by atoms with E-state index in [2.05, 4.69) is 33.6 Å². The quantitative estimate of drug-likeness (QED) is 0.402. The van der Waals surface area contributed by atoms with Gasteiger partial charge in [-0.1, -0.05) is 30.3 Å². The van der Waals surface area contributed by atoms with Gasteiger partial charge >= 0.3 is 0 Å². The Bertz CT molecular complexity index is 1440. The Morgan fingerprint density at radius 3 is 2.50 bits per heavy atom. The van der Waals surface area contributed by atoms with Gasteiger partial charge in [-0.2, -0.15) is 10.1 Å². The number of ether oxygens (including phenoxy) is 4. The molecule has 36 heavy (non-hydrogen) atoms. The second-order valence-electron chi connectivity index (χ2n) is 8.50. The maximum Gasteiger partial charge on any atom is 0.226 e. The average Bonchev–Trinajstić information content (AvgIpc) is 3.40. The number of para-hydroxylation sites is 1. The molecule has 6 rings (SSSR count). The van der Waals surface area contributed by atoms with E-state index in [-0.39, 0.29) is 12.1 Å². The Morgan fingerprint density at radius 1 is 0.944 bits per heavy atom. The van der Waals surface area contributed by atoms with Crippen LogP contribution in [0.4, 0.5) is 5.95 Å². The lowest BCUT2D eigenvalue weighted by atomic mass is 9.84. The van der Waals surface area contributed by atoms with Crippen LogP contribution in [0.15, 0.2) is 78.6 Å². The van der Waals surface area contributed by atoms with E-state index >= 15 is 0 Å². The molecule has 182 valence electrons. The smallest absolute Gasteiger partial charge is 0.226 e. The molecule has 4 aromatic rings. The molecule has 0 amide bonds. The van der Waals surface area contributed by atoms with Gasteiger partial charge in [-0.15, -0.1) is 0 Å². The van der Waals surface area contributed by atoms with Crippen molar-refractivity contribution in [3.8, 4) is 23.0 Å². The van der Waals surface area contributed by atoms with Crippen molar-refractivity contribution in [3.05, 3.63) is 95.3 Å². The van der Waals surface area contributed by atoms with Gasteiger partial charge in [-0.05, 0) is 54.4 Å². The standard InChI is InChI=1S/C28H26N4O4/c1-4-35-19-12-9-17(10-13-19)27-24-25(20-7-5-6-8-21(20)36-27)31-28-29-16-30-32(28)26(24)18-11-14-22(33-2)23(15-18)34-3/h5-16,26-27H,4H2,1-3H3,(H,29,30,31)/t26-,27+/m0/s1. The van der Waals surface area contributed by atoms with Crippen LogP contribution in [0.3, 0.4) is 0 Å². The van der Waals surface area contributed by atoms with E-state index in [9.17, 15) is 0 Å². The fraction of sp³-hybridized carbons (Fsp3) is 0.214. The van der Waals surface area contributed by atoms with E-state index in [0.717, 1.165) is 39.5 Å². The second-order valence-corrected chi connectivity index (χ2v) is 8.50. The molecule has 2 atom stereocenters. The molecule has 2 aliphatic heterocycles. The van der Waals surface area contributed by atoms with Gasteiger partial charge in [0.1, 0.15) is 30.0 Å². The number of nitrogens with one attached hydrogen (secondary N) is 1. The number of rotatable bonds is 6. The van der Waals surface area contributed by atoms with Crippen LogP contribution in [0.2, 0.25) is 0 Å². The molecule has 0 bridgehead atoms. The molecular formula is C28H26N4O4. The highest BCUT2D eigenvalue weighted by atomic mass is 16.5. The summed E-state index contributed by atoms with van der Waals surface area (Å²) in [6, 6.07) is 21.7. The van der Waals surface area contributed by atoms with Crippen LogP contribution in [0, 0.1) is 0 Å². The Balaban J connectivity index is 1.57. The van der Waals surface area contributed by atoms with Gasteiger partial charge in [0, 0.05) is 11.1 Å². The Hall–Kier alpha value is -4.46. The van der Waals surface area contributed by atoms with Crippen LogP contribution in [0.5, 0.6) is 23.0 Å². The molecule has 8 nitrogen and oxygen atoms in total. The van der Waals surface area contributed by atoms with Gasteiger partial charge in [-0.3, -0.25) is 0 Å². The lowest BCUT2D eigenvalue weighted by molar-refractivity contribution is 0.222. The van der Waals surface area contributed by atoms with Crippen molar-refractivity contribution in [3.63, 3.8) is 0 Å². The normalized spacial score (nSPS) is 17.8. The van der Waals surface area contributed by atoms with E-state index in [4.69, 9.17) is 18.9 Å². The molecule has 8 heteroatoms. The molecule has 1 aromatic heterocycles. The largest absolute Gasteiger partial charge is 0.494 e. The summed E-state index contributed by atoms with van der Waals surface area (Å²) in [5.74, 6) is 3.60. The van der Waals surface area contributed by atoms with E-state index in [0.29, 0.717) is 24.1 Å². The zero-order valence-electron chi connectivity index (χ0n) is 20.3. The first-order chi connectivity index (χ1) is 17.7. The Morgan fingerprint density at radius 2 is 1.72 bits per heavy atom. The molecule has 1 N–H and O–H groups in total. The van der Waals surface area contributed by atoms with Gasteiger partial charge in [0.05, 0.1) is 26.5 Å². The summed E-state index contributed by atoms with van der Waals surface area (Å²) < 4.78 is 25.4. The fourth-order valence-corrected chi connectivity index (χ4v) is 4.94. The molecule has 3 heterocycles. The molecule has 2 aliphatic rings. The maximum absolute atomic E-state index is 6.68. The highest BCUT2D eigenvalue weighted by Crippen LogP contribution is 2.51. The molecular weight excluding hydrogens is 456 g/mol. The van der Waals surface area contributed by atoms with Crippen LogP contribution < -0.4 is 24.3 Å². The summed E-state index contributed by atoms with van der Waals surface area (Å²) >= 11 is 0. The van der Waals surface area contributed by atoms with Crippen LogP contribution in [-0.4, -0.2) is 35.6 Å². The summed E-state index contributed by atoms with van der Waals surface area (Å²) in [4.78, 5) is 4.50. The van der Waals surface area contributed by atoms with Crippen molar-refractivity contribution < 1.29 is 18.9 Å². The molecule has 0 saturated heterocycles. The molecule has 0 unspecified atom stereocenters. The minimum atomic E-state index is -0.367. The van der Waals surface area contributed by atoms with E-state index in [1.807, 2.05) is 60.1 Å². The third kappa shape index (κ3) is 3.53. The van der Waals surface area contributed by atoms with Crippen molar-refractivity contribution in [2.45, 2.75) is 19.1 Å².